The average Bonchev–Trinajstić information content (AvgIpc) is 3.20. The first-order valence-corrected chi connectivity index (χ1v) is 11.3. The van der Waals surface area contributed by atoms with Gasteiger partial charge in [0.1, 0.15) is 16.3 Å². The number of thioether (sulfide) groups is 1. The molecule has 0 spiro atoms. The molecule has 0 aliphatic carbocycles. The second kappa shape index (κ2) is 9.17. The third kappa shape index (κ3) is 4.95. The molecule has 0 aliphatic rings. The normalized spacial score (nSPS) is 11.1. The van der Waals surface area contributed by atoms with Gasteiger partial charge >= 0.3 is 0 Å². The first kappa shape index (κ1) is 21.5. The molecule has 158 valence electrons. The van der Waals surface area contributed by atoms with E-state index in [1.807, 2.05) is 0 Å². The minimum atomic E-state index is -0.815. The van der Waals surface area contributed by atoms with Crippen LogP contribution in [0.3, 0.4) is 0 Å². The fraction of sp³-hybridized carbons (Fsp3) is 0.0952. The highest BCUT2D eigenvalue weighted by Gasteiger charge is 2.17. The van der Waals surface area contributed by atoms with Crippen molar-refractivity contribution in [2.24, 2.45) is 0 Å². The van der Waals surface area contributed by atoms with E-state index in [-0.39, 0.29) is 22.5 Å². The van der Waals surface area contributed by atoms with Gasteiger partial charge in [-0.15, -0.1) is 11.3 Å². The van der Waals surface area contributed by atoms with Crippen LogP contribution in [0.15, 0.2) is 63.9 Å². The minimum Gasteiger partial charge on any atom is -0.351 e. The molecule has 31 heavy (non-hydrogen) atoms. The van der Waals surface area contributed by atoms with E-state index < -0.39 is 17.2 Å². The number of aromatic nitrogens is 2. The Morgan fingerprint density at radius 2 is 1.84 bits per heavy atom. The first-order valence-electron chi connectivity index (χ1n) is 9.01. The van der Waals surface area contributed by atoms with Crippen molar-refractivity contribution in [3.63, 3.8) is 0 Å². The number of nitrogens with one attached hydrogen (secondary N) is 1. The van der Waals surface area contributed by atoms with Crippen LogP contribution in [-0.4, -0.2) is 21.2 Å². The highest BCUT2D eigenvalue weighted by atomic mass is 35.5. The van der Waals surface area contributed by atoms with Crippen molar-refractivity contribution in [3.05, 3.63) is 86.5 Å². The van der Waals surface area contributed by atoms with Gasteiger partial charge in [0.25, 0.3) is 5.56 Å². The predicted molar refractivity (Wildman–Crippen MR) is 119 cm³/mol. The van der Waals surface area contributed by atoms with Gasteiger partial charge in [-0.25, -0.2) is 13.8 Å². The first-order chi connectivity index (χ1) is 14.9. The molecule has 0 unspecified atom stereocenters. The number of nitrogens with zero attached hydrogens (tertiary/aromatic N) is 2. The number of hydrogen-bond donors (Lipinski definition) is 1. The molecule has 2 aromatic carbocycles. The topological polar surface area (TPSA) is 64.0 Å². The smallest absolute Gasteiger partial charge is 0.276 e. The number of carbonyl (C=O) groups excluding carboxylic acids is 1. The Morgan fingerprint density at radius 1 is 1.13 bits per heavy atom. The van der Waals surface area contributed by atoms with Crippen LogP contribution in [0, 0.1) is 11.6 Å². The number of amides is 1. The van der Waals surface area contributed by atoms with Gasteiger partial charge in [0, 0.05) is 17.6 Å². The number of hydrogen-bond acceptors (Lipinski definition) is 5. The summed E-state index contributed by atoms with van der Waals surface area (Å²) >= 11 is 8.05. The quantitative estimate of drug-likeness (QED) is 0.320. The number of benzene rings is 2. The molecule has 1 N–H and O–H groups in total. The van der Waals surface area contributed by atoms with Crippen molar-refractivity contribution in [2.45, 2.75) is 11.7 Å². The van der Waals surface area contributed by atoms with E-state index in [1.165, 1.54) is 11.3 Å². The Hall–Kier alpha value is -2.75. The van der Waals surface area contributed by atoms with Crippen LogP contribution in [0.1, 0.15) is 5.56 Å². The third-order valence-electron chi connectivity index (χ3n) is 4.29. The SMILES string of the molecule is O=C(CSc1nc2ccsc2c(=O)n1-c1cc(F)cc(F)c1)NCc1ccc(Cl)cc1. The Balaban J connectivity index is 1.58. The molecule has 0 aliphatic heterocycles. The maximum atomic E-state index is 13.8. The molecule has 1 amide bonds. The predicted octanol–water partition coefficient (Wildman–Crippen LogP) is 4.79. The minimum absolute atomic E-state index is 0.00868. The van der Waals surface area contributed by atoms with Gasteiger partial charge in [-0.3, -0.25) is 14.2 Å². The molecule has 5 nitrogen and oxygen atoms in total. The van der Waals surface area contributed by atoms with Crippen molar-refractivity contribution in [2.75, 3.05) is 5.75 Å². The van der Waals surface area contributed by atoms with E-state index in [2.05, 4.69) is 10.3 Å². The van der Waals surface area contributed by atoms with Gasteiger partial charge in [0.2, 0.25) is 5.91 Å². The number of thiophene rings is 1. The summed E-state index contributed by atoms with van der Waals surface area (Å²) in [5.41, 5.74) is 0.906. The lowest BCUT2D eigenvalue weighted by Crippen LogP contribution is -2.26. The summed E-state index contributed by atoms with van der Waals surface area (Å²) in [6.45, 7) is 0.315. The average molecular weight is 478 g/mol. The molecule has 0 saturated heterocycles. The monoisotopic (exact) mass is 477 g/mol. The third-order valence-corrected chi connectivity index (χ3v) is 6.37. The van der Waals surface area contributed by atoms with Gasteiger partial charge in [0.15, 0.2) is 5.16 Å². The lowest BCUT2D eigenvalue weighted by molar-refractivity contribution is -0.118. The number of halogens is 3. The van der Waals surface area contributed by atoms with E-state index in [0.29, 0.717) is 21.8 Å². The van der Waals surface area contributed by atoms with Gasteiger partial charge in [-0.2, -0.15) is 0 Å². The second-order valence-electron chi connectivity index (χ2n) is 6.49. The maximum absolute atomic E-state index is 13.8. The van der Waals surface area contributed by atoms with Crippen LogP contribution >= 0.6 is 34.7 Å². The highest BCUT2D eigenvalue weighted by molar-refractivity contribution is 7.99. The van der Waals surface area contributed by atoms with Gasteiger partial charge in [0.05, 0.1) is 17.0 Å². The summed E-state index contributed by atoms with van der Waals surface area (Å²) in [6.07, 6.45) is 0. The van der Waals surface area contributed by atoms with Crippen LogP contribution in [0.5, 0.6) is 0 Å². The number of rotatable bonds is 6. The molecule has 0 saturated carbocycles. The van der Waals surface area contributed by atoms with E-state index in [1.54, 1.807) is 35.7 Å². The zero-order chi connectivity index (χ0) is 22.0. The van der Waals surface area contributed by atoms with Crippen LogP contribution in [0.25, 0.3) is 15.9 Å². The van der Waals surface area contributed by atoms with E-state index in [9.17, 15) is 18.4 Å². The van der Waals surface area contributed by atoms with Crippen molar-refractivity contribution in [3.8, 4) is 5.69 Å². The molecule has 0 radical (unpaired) electrons. The number of fused-ring (bicyclic) bond motifs is 1. The lowest BCUT2D eigenvalue weighted by Gasteiger charge is -2.12. The van der Waals surface area contributed by atoms with Crippen molar-refractivity contribution in [1.29, 1.82) is 0 Å². The Labute approximate surface area is 188 Å². The van der Waals surface area contributed by atoms with Gasteiger partial charge in [-0.1, -0.05) is 35.5 Å². The fourth-order valence-corrected chi connectivity index (χ4v) is 4.60. The van der Waals surface area contributed by atoms with Crippen LogP contribution in [-0.2, 0) is 11.3 Å². The summed E-state index contributed by atoms with van der Waals surface area (Å²) in [4.78, 5) is 29.7. The Kier molecular flexibility index (Phi) is 6.35. The van der Waals surface area contributed by atoms with Crippen molar-refractivity contribution < 1.29 is 13.6 Å². The van der Waals surface area contributed by atoms with Crippen LogP contribution in [0.4, 0.5) is 8.78 Å². The summed E-state index contributed by atoms with van der Waals surface area (Å²) < 4.78 is 29.0. The Bertz CT molecular complexity index is 1300. The molecule has 4 rings (SSSR count). The molecule has 0 atom stereocenters. The lowest BCUT2D eigenvalue weighted by atomic mass is 10.2. The fourth-order valence-electron chi connectivity index (χ4n) is 2.87. The second-order valence-corrected chi connectivity index (χ2v) is 8.78. The van der Waals surface area contributed by atoms with E-state index in [0.717, 1.165) is 40.1 Å². The summed E-state index contributed by atoms with van der Waals surface area (Å²) in [5.74, 6) is -1.95. The van der Waals surface area contributed by atoms with E-state index in [4.69, 9.17) is 11.6 Å². The molecule has 2 aromatic heterocycles. The number of carbonyl (C=O) groups is 1. The largest absolute Gasteiger partial charge is 0.351 e. The maximum Gasteiger partial charge on any atom is 0.276 e. The van der Waals surface area contributed by atoms with Crippen LogP contribution in [0.2, 0.25) is 5.02 Å². The van der Waals surface area contributed by atoms with Crippen molar-refractivity contribution >= 4 is 50.8 Å². The molecular formula is C21H14ClF2N3O2S2. The molecule has 2 heterocycles. The Morgan fingerprint density at radius 3 is 2.55 bits per heavy atom. The molecule has 4 aromatic rings. The van der Waals surface area contributed by atoms with E-state index >= 15 is 0 Å². The molecular weight excluding hydrogens is 464 g/mol. The summed E-state index contributed by atoms with van der Waals surface area (Å²) in [5, 5.41) is 5.26. The summed E-state index contributed by atoms with van der Waals surface area (Å²) in [6, 6.07) is 11.6. The molecule has 0 fully saturated rings. The highest BCUT2D eigenvalue weighted by Crippen LogP contribution is 2.24. The zero-order valence-electron chi connectivity index (χ0n) is 15.8. The molecule has 0 bridgehead atoms. The van der Waals surface area contributed by atoms with Crippen molar-refractivity contribution in [1.82, 2.24) is 14.9 Å². The van der Waals surface area contributed by atoms with Gasteiger partial charge < -0.3 is 5.32 Å². The molecule has 10 heteroatoms. The van der Waals surface area contributed by atoms with Gasteiger partial charge in [-0.05, 0) is 41.3 Å². The summed E-state index contributed by atoms with van der Waals surface area (Å²) in [7, 11) is 0. The standard InChI is InChI=1S/C21H14ClF2N3O2S2/c22-13-3-1-12(2-4-13)10-25-18(28)11-31-21-26-17-5-6-30-19(17)20(29)27(21)16-8-14(23)7-15(24)9-16/h1-9H,10-11H2,(H,25,28). The zero-order valence-corrected chi connectivity index (χ0v) is 18.2. The van der Waals surface area contributed by atoms with Crippen LogP contribution < -0.4 is 10.9 Å².